The number of ether oxygens (including phenoxy) is 2. The Hall–Kier alpha value is -1.97. The molecule has 1 saturated heterocycles. The fourth-order valence-electron chi connectivity index (χ4n) is 2.67. The third-order valence-electron chi connectivity index (χ3n) is 4.10. The van der Waals surface area contributed by atoms with Crippen molar-refractivity contribution in [2.75, 3.05) is 13.7 Å². The molecule has 3 rings (SSSR count). The summed E-state index contributed by atoms with van der Waals surface area (Å²) in [5, 5.41) is 10.2. The minimum absolute atomic E-state index is 0.138. The molecule has 1 heterocycles. The highest BCUT2D eigenvalue weighted by molar-refractivity contribution is 8.26. The van der Waals surface area contributed by atoms with Crippen LogP contribution in [0.2, 0.25) is 15.1 Å². The molecule has 2 aromatic rings. The fourth-order valence-corrected chi connectivity index (χ4v) is 4.67. The smallest absolute Gasteiger partial charge is 0.323 e. The molecule has 0 unspecified atom stereocenters. The number of thiocarbonyl (C=S) groups is 1. The second-order valence-corrected chi connectivity index (χ2v) is 9.15. The van der Waals surface area contributed by atoms with Crippen LogP contribution < -0.4 is 9.47 Å². The number of carboxylic acids is 1. The standard InChI is InChI=1S/C20H14Cl3NO5S2/c1-28-15-5-10(6-16-19(27)24(8-17(25)26)20(30)31-16)4-14(23)18(15)29-9-11-2-3-12(21)7-13(11)22/h2-7H,8-9H2,1H3,(H,25,26)/b16-6-. The monoisotopic (exact) mass is 517 g/mol. The van der Waals surface area contributed by atoms with Crippen LogP contribution in [0.25, 0.3) is 6.08 Å². The van der Waals surface area contributed by atoms with E-state index in [2.05, 4.69) is 0 Å². The topological polar surface area (TPSA) is 76.1 Å². The van der Waals surface area contributed by atoms with Gasteiger partial charge in [-0.15, -0.1) is 0 Å². The number of carbonyl (C=O) groups excluding carboxylic acids is 1. The molecule has 0 radical (unpaired) electrons. The molecule has 1 amide bonds. The molecule has 0 aromatic heterocycles. The van der Waals surface area contributed by atoms with Gasteiger partial charge in [0.2, 0.25) is 0 Å². The minimum atomic E-state index is -1.15. The maximum Gasteiger partial charge on any atom is 0.323 e. The van der Waals surface area contributed by atoms with Crippen molar-refractivity contribution < 1.29 is 24.2 Å². The van der Waals surface area contributed by atoms with Crippen molar-refractivity contribution in [1.82, 2.24) is 4.90 Å². The van der Waals surface area contributed by atoms with E-state index < -0.39 is 18.4 Å². The third kappa shape index (κ3) is 5.64. The van der Waals surface area contributed by atoms with Gasteiger partial charge < -0.3 is 14.6 Å². The van der Waals surface area contributed by atoms with Crippen molar-refractivity contribution in [3.05, 3.63) is 61.4 Å². The maximum atomic E-state index is 12.5. The average molecular weight is 519 g/mol. The van der Waals surface area contributed by atoms with E-state index in [9.17, 15) is 9.59 Å². The van der Waals surface area contributed by atoms with Gasteiger partial charge in [0.25, 0.3) is 5.91 Å². The highest BCUT2D eigenvalue weighted by Gasteiger charge is 2.33. The molecule has 1 aliphatic rings. The molecule has 11 heteroatoms. The first-order valence-electron chi connectivity index (χ1n) is 8.61. The van der Waals surface area contributed by atoms with Crippen LogP contribution in [-0.4, -0.2) is 39.9 Å². The lowest BCUT2D eigenvalue weighted by Crippen LogP contribution is -2.33. The van der Waals surface area contributed by atoms with E-state index >= 15 is 0 Å². The second-order valence-electron chi connectivity index (χ2n) is 6.22. The van der Waals surface area contributed by atoms with E-state index in [1.807, 2.05) is 0 Å². The molecule has 31 heavy (non-hydrogen) atoms. The van der Waals surface area contributed by atoms with Crippen LogP contribution in [0.4, 0.5) is 0 Å². The molecule has 1 N–H and O–H groups in total. The number of methoxy groups -OCH3 is 1. The molecule has 0 spiro atoms. The lowest BCUT2D eigenvalue weighted by Gasteiger charge is -2.14. The number of thioether (sulfide) groups is 1. The Balaban J connectivity index is 1.84. The zero-order valence-corrected chi connectivity index (χ0v) is 19.8. The van der Waals surface area contributed by atoms with E-state index in [0.29, 0.717) is 27.1 Å². The highest BCUT2D eigenvalue weighted by atomic mass is 35.5. The first-order valence-corrected chi connectivity index (χ1v) is 11.0. The number of nitrogens with zero attached hydrogens (tertiary/aromatic N) is 1. The van der Waals surface area contributed by atoms with Crippen LogP contribution in [0.5, 0.6) is 11.5 Å². The van der Waals surface area contributed by atoms with E-state index in [1.54, 1.807) is 36.4 Å². The van der Waals surface area contributed by atoms with Crippen molar-refractivity contribution >= 4 is 81.1 Å². The lowest BCUT2D eigenvalue weighted by atomic mass is 10.1. The maximum absolute atomic E-state index is 12.5. The first kappa shape index (κ1) is 23.7. The summed E-state index contributed by atoms with van der Waals surface area (Å²) in [6.45, 7) is -0.356. The van der Waals surface area contributed by atoms with Crippen LogP contribution in [-0.2, 0) is 16.2 Å². The van der Waals surface area contributed by atoms with E-state index in [4.69, 9.17) is 61.6 Å². The molecule has 1 fully saturated rings. The summed E-state index contributed by atoms with van der Waals surface area (Å²) in [7, 11) is 1.46. The van der Waals surface area contributed by atoms with Crippen LogP contribution in [0.1, 0.15) is 11.1 Å². The predicted octanol–water partition coefficient (Wildman–Crippen LogP) is 5.52. The Morgan fingerprint density at radius 2 is 1.97 bits per heavy atom. The van der Waals surface area contributed by atoms with Gasteiger partial charge in [0, 0.05) is 15.6 Å². The highest BCUT2D eigenvalue weighted by Crippen LogP contribution is 2.39. The van der Waals surface area contributed by atoms with Crippen LogP contribution in [0.15, 0.2) is 35.2 Å². The van der Waals surface area contributed by atoms with Crippen LogP contribution >= 0.6 is 58.8 Å². The van der Waals surface area contributed by atoms with Crippen molar-refractivity contribution in [2.45, 2.75) is 6.61 Å². The Labute approximate surface area is 202 Å². The van der Waals surface area contributed by atoms with Crippen molar-refractivity contribution in [3.63, 3.8) is 0 Å². The summed E-state index contributed by atoms with van der Waals surface area (Å²) in [4.78, 5) is 24.7. The zero-order chi connectivity index (χ0) is 22.7. The van der Waals surface area contributed by atoms with Crippen LogP contribution in [0.3, 0.4) is 0 Å². The third-order valence-corrected chi connectivity index (χ3v) is 6.35. The molecule has 0 atom stereocenters. The van der Waals surface area contributed by atoms with Gasteiger partial charge in [-0.25, -0.2) is 0 Å². The number of halogens is 3. The van der Waals surface area contributed by atoms with Crippen molar-refractivity contribution in [2.24, 2.45) is 0 Å². The van der Waals surface area contributed by atoms with Gasteiger partial charge in [0.15, 0.2) is 11.5 Å². The number of aliphatic carboxylic acids is 1. The molecule has 0 aliphatic carbocycles. The summed E-state index contributed by atoms with van der Waals surface area (Å²) >= 11 is 24.6. The SMILES string of the molecule is COc1cc(/C=C2\SC(=S)N(CC(=O)O)C2=O)cc(Cl)c1OCc1ccc(Cl)cc1Cl. The van der Waals surface area contributed by atoms with E-state index in [1.165, 1.54) is 7.11 Å². The molecule has 0 saturated carbocycles. The number of rotatable bonds is 7. The molecule has 0 bridgehead atoms. The number of hydrogen-bond acceptors (Lipinski definition) is 6. The fraction of sp³-hybridized carbons (Fsp3) is 0.150. The first-order chi connectivity index (χ1) is 14.7. The number of hydrogen-bond donors (Lipinski definition) is 1. The number of amides is 1. The zero-order valence-electron chi connectivity index (χ0n) is 15.9. The number of benzene rings is 2. The molecule has 162 valence electrons. The molecular formula is C20H14Cl3NO5S2. The van der Waals surface area contributed by atoms with Crippen LogP contribution in [0, 0.1) is 0 Å². The van der Waals surface area contributed by atoms with Gasteiger partial charge in [0.1, 0.15) is 17.5 Å². The quantitative estimate of drug-likeness (QED) is 0.382. The normalized spacial score (nSPS) is 15.0. The summed E-state index contributed by atoms with van der Waals surface area (Å²) < 4.78 is 11.4. The van der Waals surface area contributed by atoms with Gasteiger partial charge in [-0.2, -0.15) is 0 Å². The average Bonchev–Trinajstić information content (AvgIpc) is 2.95. The summed E-state index contributed by atoms with van der Waals surface area (Å²) in [5.41, 5.74) is 1.28. The number of carboxylic acid groups (broad SMARTS) is 1. The van der Waals surface area contributed by atoms with Gasteiger partial charge >= 0.3 is 5.97 Å². The van der Waals surface area contributed by atoms with Crippen molar-refractivity contribution in [3.8, 4) is 11.5 Å². The molecule has 6 nitrogen and oxygen atoms in total. The van der Waals surface area contributed by atoms with Gasteiger partial charge in [-0.1, -0.05) is 64.8 Å². The van der Waals surface area contributed by atoms with Gasteiger partial charge in [0.05, 0.1) is 17.0 Å². The number of carbonyl (C=O) groups is 2. The largest absolute Gasteiger partial charge is 0.493 e. The van der Waals surface area contributed by atoms with Gasteiger partial charge in [-0.3, -0.25) is 14.5 Å². The van der Waals surface area contributed by atoms with E-state index in [-0.39, 0.29) is 20.9 Å². The predicted molar refractivity (Wildman–Crippen MR) is 126 cm³/mol. The summed E-state index contributed by atoms with van der Waals surface area (Å²) in [5.74, 6) is -0.967. The summed E-state index contributed by atoms with van der Waals surface area (Å²) in [6.07, 6.45) is 1.56. The van der Waals surface area contributed by atoms with Crippen molar-refractivity contribution in [1.29, 1.82) is 0 Å². The lowest BCUT2D eigenvalue weighted by molar-refractivity contribution is -0.140. The summed E-state index contributed by atoms with van der Waals surface area (Å²) in [6, 6.07) is 8.32. The minimum Gasteiger partial charge on any atom is -0.493 e. The Morgan fingerprint density at radius 3 is 2.61 bits per heavy atom. The molecular weight excluding hydrogens is 505 g/mol. The Kier molecular flexibility index (Phi) is 7.72. The molecule has 1 aliphatic heterocycles. The molecule has 2 aromatic carbocycles. The second kappa shape index (κ2) is 10.1. The Bertz CT molecular complexity index is 1110. The van der Waals surface area contributed by atoms with E-state index in [0.717, 1.165) is 22.2 Å². The van der Waals surface area contributed by atoms with Gasteiger partial charge in [-0.05, 0) is 35.9 Å². The Morgan fingerprint density at radius 1 is 1.23 bits per heavy atom.